The monoisotopic (exact) mass is 402 g/mol. The predicted molar refractivity (Wildman–Crippen MR) is 119 cm³/mol. The molecule has 1 aliphatic heterocycles. The van der Waals surface area contributed by atoms with Crippen LogP contribution in [0.3, 0.4) is 0 Å². The van der Waals surface area contributed by atoms with E-state index in [0.29, 0.717) is 12.4 Å². The molecule has 1 fully saturated rings. The van der Waals surface area contributed by atoms with Gasteiger partial charge in [0, 0.05) is 30.5 Å². The number of carbonyl (C=O) groups excluding carboxylic acids is 1. The Balaban J connectivity index is 1.45. The Morgan fingerprint density at radius 1 is 1.10 bits per heavy atom. The zero-order valence-electron chi connectivity index (χ0n) is 17.3. The van der Waals surface area contributed by atoms with Gasteiger partial charge >= 0.3 is 0 Å². The van der Waals surface area contributed by atoms with Crippen molar-refractivity contribution in [2.75, 3.05) is 30.4 Å². The number of nitrogens with zero attached hydrogens (tertiary/aromatic N) is 3. The third-order valence-electron chi connectivity index (χ3n) is 5.42. The lowest BCUT2D eigenvalue weighted by atomic mass is 9.97. The Kier molecular flexibility index (Phi) is 5.93. The number of hydrogen-bond acceptors (Lipinski definition) is 5. The Morgan fingerprint density at radius 3 is 2.60 bits per heavy atom. The normalized spacial score (nSPS) is 16.2. The van der Waals surface area contributed by atoms with E-state index in [9.17, 15) is 4.79 Å². The summed E-state index contributed by atoms with van der Waals surface area (Å²) in [5.74, 6) is 2.29. The molecule has 1 saturated heterocycles. The van der Waals surface area contributed by atoms with Crippen LogP contribution in [0.2, 0.25) is 0 Å². The Morgan fingerprint density at radius 2 is 1.87 bits per heavy atom. The minimum Gasteiger partial charge on any atom is -0.497 e. The fraction of sp³-hybridized carbons (Fsp3) is 0.292. The molecule has 1 N–H and O–H groups in total. The first kappa shape index (κ1) is 19.9. The maximum atomic E-state index is 12.8. The van der Waals surface area contributed by atoms with Crippen molar-refractivity contribution in [1.82, 2.24) is 9.97 Å². The van der Waals surface area contributed by atoms with Crippen LogP contribution >= 0.6 is 0 Å². The quantitative estimate of drug-likeness (QED) is 0.689. The highest BCUT2D eigenvalue weighted by Gasteiger charge is 2.27. The van der Waals surface area contributed by atoms with Gasteiger partial charge in [0.2, 0.25) is 5.91 Å². The van der Waals surface area contributed by atoms with Gasteiger partial charge < -0.3 is 15.0 Å². The van der Waals surface area contributed by atoms with E-state index in [0.717, 1.165) is 42.2 Å². The standard InChI is InChI=1S/C24H26N4O2/c1-17-5-7-18(8-6-17)23-25-14-13-22(27-23)28-15-3-4-19(16-28)24(29)26-20-9-11-21(30-2)12-10-20/h5-14,19H,3-4,15-16H2,1-2H3,(H,26,29)/t19-/m0/s1. The molecule has 1 amide bonds. The molecule has 1 atom stereocenters. The fourth-order valence-electron chi connectivity index (χ4n) is 3.68. The van der Waals surface area contributed by atoms with Crippen LogP contribution in [0.15, 0.2) is 60.8 Å². The molecule has 0 saturated carbocycles. The molecule has 1 aromatic heterocycles. The summed E-state index contributed by atoms with van der Waals surface area (Å²) in [4.78, 5) is 24.2. The molecular weight excluding hydrogens is 376 g/mol. The van der Waals surface area contributed by atoms with Gasteiger partial charge in [0.25, 0.3) is 0 Å². The van der Waals surface area contributed by atoms with Crippen molar-refractivity contribution in [1.29, 1.82) is 0 Å². The number of anilines is 2. The van der Waals surface area contributed by atoms with E-state index < -0.39 is 0 Å². The Labute approximate surface area is 176 Å². The number of amides is 1. The summed E-state index contributed by atoms with van der Waals surface area (Å²) in [5.41, 5.74) is 2.98. The summed E-state index contributed by atoms with van der Waals surface area (Å²) in [6.45, 7) is 3.59. The zero-order valence-corrected chi connectivity index (χ0v) is 17.3. The molecule has 2 aromatic carbocycles. The van der Waals surface area contributed by atoms with Gasteiger partial charge in [-0.3, -0.25) is 4.79 Å². The van der Waals surface area contributed by atoms with E-state index in [1.807, 2.05) is 42.5 Å². The number of aryl methyl sites for hydroxylation is 1. The van der Waals surface area contributed by atoms with Crippen molar-refractivity contribution >= 4 is 17.4 Å². The lowest BCUT2D eigenvalue weighted by molar-refractivity contribution is -0.120. The molecule has 0 unspecified atom stereocenters. The second kappa shape index (κ2) is 8.95. The van der Waals surface area contributed by atoms with Gasteiger partial charge in [-0.05, 0) is 50.1 Å². The summed E-state index contributed by atoms with van der Waals surface area (Å²) < 4.78 is 5.17. The van der Waals surface area contributed by atoms with Gasteiger partial charge in [0.1, 0.15) is 11.6 Å². The lowest BCUT2D eigenvalue weighted by Crippen LogP contribution is -2.41. The van der Waals surface area contributed by atoms with E-state index in [4.69, 9.17) is 9.72 Å². The molecule has 0 bridgehead atoms. The van der Waals surface area contributed by atoms with E-state index in [1.54, 1.807) is 13.3 Å². The number of benzene rings is 2. The van der Waals surface area contributed by atoms with Gasteiger partial charge in [0.15, 0.2) is 5.82 Å². The van der Waals surface area contributed by atoms with Gasteiger partial charge in [0.05, 0.1) is 13.0 Å². The third kappa shape index (κ3) is 4.59. The number of aromatic nitrogens is 2. The largest absolute Gasteiger partial charge is 0.497 e. The topological polar surface area (TPSA) is 67.3 Å². The number of ether oxygens (including phenoxy) is 1. The highest BCUT2D eigenvalue weighted by atomic mass is 16.5. The van der Waals surface area contributed by atoms with E-state index in [-0.39, 0.29) is 11.8 Å². The van der Waals surface area contributed by atoms with Crippen LogP contribution in [0.25, 0.3) is 11.4 Å². The highest BCUT2D eigenvalue weighted by molar-refractivity contribution is 5.93. The number of nitrogens with one attached hydrogen (secondary N) is 1. The molecule has 1 aliphatic rings. The van der Waals surface area contributed by atoms with Crippen molar-refractivity contribution < 1.29 is 9.53 Å². The van der Waals surface area contributed by atoms with Crippen LogP contribution in [0.4, 0.5) is 11.5 Å². The first-order chi connectivity index (χ1) is 14.6. The van der Waals surface area contributed by atoms with Gasteiger partial charge in [-0.1, -0.05) is 29.8 Å². The van der Waals surface area contributed by atoms with Crippen LogP contribution in [0, 0.1) is 12.8 Å². The maximum absolute atomic E-state index is 12.8. The van der Waals surface area contributed by atoms with Crippen molar-refractivity contribution in [3.8, 4) is 17.1 Å². The molecule has 0 radical (unpaired) electrons. The summed E-state index contributed by atoms with van der Waals surface area (Å²) in [5, 5.41) is 3.02. The fourth-order valence-corrected chi connectivity index (χ4v) is 3.68. The molecule has 6 nitrogen and oxygen atoms in total. The van der Waals surface area contributed by atoms with Gasteiger partial charge in [-0.15, -0.1) is 0 Å². The van der Waals surface area contributed by atoms with Crippen molar-refractivity contribution in [3.63, 3.8) is 0 Å². The summed E-state index contributed by atoms with van der Waals surface area (Å²) >= 11 is 0. The number of hydrogen-bond donors (Lipinski definition) is 1. The summed E-state index contributed by atoms with van der Waals surface area (Å²) in [6, 6.07) is 17.5. The smallest absolute Gasteiger partial charge is 0.229 e. The van der Waals surface area contributed by atoms with E-state index >= 15 is 0 Å². The average molecular weight is 402 g/mol. The van der Waals surface area contributed by atoms with Crippen LogP contribution in [-0.2, 0) is 4.79 Å². The van der Waals surface area contributed by atoms with Crippen LogP contribution in [-0.4, -0.2) is 36.1 Å². The molecule has 4 rings (SSSR count). The first-order valence-electron chi connectivity index (χ1n) is 10.2. The number of carbonyl (C=O) groups is 1. The van der Waals surface area contributed by atoms with E-state index in [1.165, 1.54) is 5.56 Å². The molecule has 3 aromatic rings. The molecule has 0 spiro atoms. The average Bonchev–Trinajstić information content (AvgIpc) is 2.80. The van der Waals surface area contributed by atoms with Crippen LogP contribution < -0.4 is 15.0 Å². The highest BCUT2D eigenvalue weighted by Crippen LogP contribution is 2.25. The minimum atomic E-state index is -0.0846. The number of rotatable bonds is 5. The van der Waals surface area contributed by atoms with E-state index in [2.05, 4.69) is 34.3 Å². The zero-order chi connectivity index (χ0) is 20.9. The Bertz CT molecular complexity index is 1000. The third-order valence-corrected chi connectivity index (χ3v) is 5.42. The number of piperidine rings is 1. The minimum absolute atomic E-state index is 0.0395. The second-order valence-corrected chi connectivity index (χ2v) is 7.61. The number of methoxy groups -OCH3 is 1. The van der Waals surface area contributed by atoms with Crippen molar-refractivity contribution in [3.05, 3.63) is 66.4 Å². The lowest BCUT2D eigenvalue weighted by Gasteiger charge is -2.33. The maximum Gasteiger partial charge on any atom is 0.229 e. The van der Waals surface area contributed by atoms with Crippen LogP contribution in [0.5, 0.6) is 5.75 Å². The van der Waals surface area contributed by atoms with Crippen molar-refractivity contribution in [2.45, 2.75) is 19.8 Å². The van der Waals surface area contributed by atoms with Gasteiger partial charge in [-0.2, -0.15) is 0 Å². The van der Waals surface area contributed by atoms with Crippen LogP contribution in [0.1, 0.15) is 18.4 Å². The first-order valence-corrected chi connectivity index (χ1v) is 10.2. The SMILES string of the molecule is COc1ccc(NC(=O)[C@H]2CCCN(c3ccnc(-c4ccc(C)cc4)n3)C2)cc1. The predicted octanol–water partition coefficient (Wildman–Crippen LogP) is 4.32. The molecule has 2 heterocycles. The molecular formula is C24H26N4O2. The summed E-state index contributed by atoms with van der Waals surface area (Å²) in [6.07, 6.45) is 3.61. The summed E-state index contributed by atoms with van der Waals surface area (Å²) in [7, 11) is 1.63. The van der Waals surface area contributed by atoms with Crippen molar-refractivity contribution in [2.24, 2.45) is 5.92 Å². The molecule has 30 heavy (non-hydrogen) atoms. The van der Waals surface area contributed by atoms with Gasteiger partial charge in [-0.25, -0.2) is 9.97 Å². The molecule has 6 heteroatoms. The molecule has 154 valence electrons. The Hall–Kier alpha value is -3.41. The second-order valence-electron chi connectivity index (χ2n) is 7.61. The molecule has 0 aliphatic carbocycles.